The summed E-state index contributed by atoms with van der Waals surface area (Å²) < 4.78 is 5.08. The van der Waals surface area contributed by atoms with E-state index in [1.807, 2.05) is 6.92 Å². The number of ether oxygens (including phenoxy) is 1. The molecular formula is C9H13ClN2O. The minimum absolute atomic E-state index is 0.151. The Hall–Kier alpha value is -0.800. The van der Waals surface area contributed by atoms with Crippen LogP contribution in [0.5, 0.6) is 0 Å². The first-order valence-corrected chi connectivity index (χ1v) is 4.49. The van der Waals surface area contributed by atoms with Gasteiger partial charge in [-0.05, 0) is 19.1 Å². The second-order valence-electron chi connectivity index (χ2n) is 2.76. The average Bonchev–Trinajstić information content (AvgIpc) is 2.16. The monoisotopic (exact) mass is 200 g/mol. The molecule has 1 rings (SSSR count). The van der Waals surface area contributed by atoms with Gasteiger partial charge in [-0.3, -0.25) is 0 Å². The third-order valence-electron chi connectivity index (χ3n) is 1.72. The van der Waals surface area contributed by atoms with E-state index in [0.717, 1.165) is 0 Å². The summed E-state index contributed by atoms with van der Waals surface area (Å²) in [5.74, 6) is 0.702. The molecule has 0 fully saturated rings. The number of nitrogens with zero attached hydrogens (tertiary/aromatic N) is 1. The van der Waals surface area contributed by atoms with Crippen LogP contribution in [-0.4, -0.2) is 24.7 Å². The minimum atomic E-state index is 0.151. The van der Waals surface area contributed by atoms with E-state index in [4.69, 9.17) is 16.3 Å². The van der Waals surface area contributed by atoms with Crippen LogP contribution < -0.4 is 5.32 Å². The van der Waals surface area contributed by atoms with Gasteiger partial charge >= 0.3 is 0 Å². The zero-order valence-electron chi connectivity index (χ0n) is 7.75. The Labute approximate surface area is 83.1 Å². The molecule has 1 heterocycles. The summed E-state index contributed by atoms with van der Waals surface area (Å²) in [7, 11) is 1.67. The van der Waals surface area contributed by atoms with E-state index >= 15 is 0 Å². The molecule has 0 spiro atoms. The summed E-state index contributed by atoms with van der Waals surface area (Å²) in [5, 5.41) is 3.73. The standard InChI is InChI=1S/C9H13ClN2O/c1-7(13-2)6-12-9-8(10)4-3-5-11-9/h3-5,7H,6H2,1-2H3,(H,11,12). The van der Waals surface area contributed by atoms with Crippen molar-refractivity contribution in [2.75, 3.05) is 19.0 Å². The number of hydrogen-bond donors (Lipinski definition) is 1. The summed E-state index contributed by atoms with van der Waals surface area (Å²) in [5.41, 5.74) is 0. The van der Waals surface area contributed by atoms with E-state index < -0.39 is 0 Å². The van der Waals surface area contributed by atoms with Crippen molar-refractivity contribution in [3.8, 4) is 0 Å². The number of halogens is 1. The van der Waals surface area contributed by atoms with E-state index in [0.29, 0.717) is 17.4 Å². The lowest BCUT2D eigenvalue weighted by molar-refractivity contribution is 0.128. The molecule has 0 amide bonds. The van der Waals surface area contributed by atoms with E-state index in [9.17, 15) is 0 Å². The summed E-state index contributed by atoms with van der Waals surface area (Å²) in [6.45, 7) is 2.68. The predicted octanol–water partition coefficient (Wildman–Crippen LogP) is 2.18. The van der Waals surface area contributed by atoms with Gasteiger partial charge in [-0.15, -0.1) is 0 Å². The molecule has 1 atom stereocenters. The lowest BCUT2D eigenvalue weighted by Crippen LogP contribution is -2.18. The normalized spacial score (nSPS) is 12.5. The largest absolute Gasteiger partial charge is 0.380 e. The molecule has 0 aliphatic carbocycles. The quantitative estimate of drug-likeness (QED) is 0.809. The molecule has 0 saturated carbocycles. The third-order valence-corrected chi connectivity index (χ3v) is 2.02. The highest BCUT2D eigenvalue weighted by Gasteiger charge is 2.02. The molecule has 1 unspecified atom stereocenters. The molecule has 13 heavy (non-hydrogen) atoms. The van der Waals surface area contributed by atoms with Crippen LogP contribution >= 0.6 is 11.6 Å². The van der Waals surface area contributed by atoms with Crippen molar-refractivity contribution in [1.82, 2.24) is 4.98 Å². The molecule has 0 saturated heterocycles. The summed E-state index contributed by atoms with van der Waals surface area (Å²) in [4.78, 5) is 4.09. The van der Waals surface area contributed by atoms with Gasteiger partial charge in [-0.2, -0.15) is 0 Å². The van der Waals surface area contributed by atoms with Gasteiger partial charge in [0.2, 0.25) is 0 Å². The van der Waals surface area contributed by atoms with E-state index in [1.54, 1.807) is 25.4 Å². The van der Waals surface area contributed by atoms with Crippen LogP contribution in [0.4, 0.5) is 5.82 Å². The van der Waals surface area contributed by atoms with Gasteiger partial charge in [-0.1, -0.05) is 11.6 Å². The molecule has 1 aromatic rings. The van der Waals surface area contributed by atoms with E-state index in [1.165, 1.54) is 0 Å². The van der Waals surface area contributed by atoms with Crippen molar-refractivity contribution in [1.29, 1.82) is 0 Å². The van der Waals surface area contributed by atoms with Gasteiger partial charge in [0, 0.05) is 19.9 Å². The molecule has 3 nitrogen and oxygen atoms in total. The van der Waals surface area contributed by atoms with Crippen molar-refractivity contribution in [2.45, 2.75) is 13.0 Å². The number of nitrogens with one attached hydrogen (secondary N) is 1. The van der Waals surface area contributed by atoms with Crippen LogP contribution in [0.15, 0.2) is 18.3 Å². The summed E-state index contributed by atoms with van der Waals surface area (Å²) in [6, 6.07) is 3.60. The molecule has 0 bridgehead atoms. The van der Waals surface area contributed by atoms with Gasteiger partial charge in [0.25, 0.3) is 0 Å². The second kappa shape index (κ2) is 5.04. The van der Waals surface area contributed by atoms with Crippen molar-refractivity contribution in [3.05, 3.63) is 23.4 Å². The van der Waals surface area contributed by atoms with Crippen LogP contribution in [0.3, 0.4) is 0 Å². The number of aromatic nitrogens is 1. The van der Waals surface area contributed by atoms with Gasteiger partial charge < -0.3 is 10.1 Å². The number of anilines is 1. The molecule has 0 radical (unpaired) electrons. The van der Waals surface area contributed by atoms with Crippen LogP contribution in [0.1, 0.15) is 6.92 Å². The Morgan fingerprint density at radius 1 is 1.69 bits per heavy atom. The SMILES string of the molecule is COC(C)CNc1ncccc1Cl. The van der Waals surface area contributed by atoms with E-state index in [-0.39, 0.29) is 6.10 Å². The molecule has 4 heteroatoms. The first-order chi connectivity index (χ1) is 6.24. The molecule has 0 aliphatic heterocycles. The lowest BCUT2D eigenvalue weighted by Gasteiger charge is -2.11. The average molecular weight is 201 g/mol. The first kappa shape index (κ1) is 10.3. The second-order valence-corrected chi connectivity index (χ2v) is 3.17. The fourth-order valence-electron chi connectivity index (χ4n) is 0.840. The number of pyridine rings is 1. The van der Waals surface area contributed by atoms with Crippen molar-refractivity contribution < 1.29 is 4.74 Å². The fraction of sp³-hybridized carbons (Fsp3) is 0.444. The van der Waals surface area contributed by atoms with Crippen molar-refractivity contribution >= 4 is 17.4 Å². The Morgan fingerprint density at radius 2 is 2.46 bits per heavy atom. The first-order valence-electron chi connectivity index (χ1n) is 4.11. The number of methoxy groups -OCH3 is 1. The molecule has 0 aromatic carbocycles. The van der Waals surface area contributed by atoms with Crippen molar-refractivity contribution in [3.63, 3.8) is 0 Å². The molecule has 72 valence electrons. The van der Waals surface area contributed by atoms with Crippen LogP contribution in [0.25, 0.3) is 0 Å². The molecule has 0 aliphatic rings. The summed E-state index contributed by atoms with van der Waals surface area (Å²) in [6.07, 6.45) is 1.85. The highest BCUT2D eigenvalue weighted by atomic mass is 35.5. The zero-order valence-corrected chi connectivity index (χ0v) is 8.51. The number of hydrogen-bond acceptors (Lipinski definition) is 3. The highest BCUT2D eigenvalue weighted by Crippen LogP contribution is 2.16. The van der Waals surface area contributed by atoms with Crippen LogP contribution in [0.2, 0.25) is 5.02 Å². The third kappa shape index (κ3) is 3.20. The molecule has 1 aromatic heterocycles. The fourth-order valence-corrected chi connectivity index (χ4v) is 1.03. The predicted molar refractivity (Wildman–Crippen MR) is 54.2 cm³/mol. The number of rotatable bonds is 4. The smallest absolute Gasteiger partial charge is 0.144 e. The Kier molecular flexibility index (Phi) is 3.99. The Morgan fingerprint density at radius 3 is 3.08 bits per heavy atom. The van der Waals surface area contributed by atoms with Crippen molar-refractivity contribution in [2.24, 2.45) is 0 Å². The zero-order chi connectivity index (χ0) is 9.68. The summed E-state index contributed by atoms with van der Waals surface area (Å²) >= 11 is 5.89. The van der Waals surface area contributed by atoms with Crippen LogP contribution in [0, 0.1) is 0 Å². The van der Waals surface area contributed by atoms with Gasteiger partial charge in [0.05, 0.1) is 11.1 Å². The Bertz CT molecular complexity index is 268. The topological polar surface area (TPSA) is 34.1 Å². The van der Waals surface area contributed by atoms with Crippen LogP contribution in [-0.2, 0) is 4.74 Å². The molecule has 1 N–H and O–H groups in total. The van der Waals surface area contributed by atoms with Gasteiger partial charge in [0.15, 0.2) is 0 Å². The minimum Gasteiger partial charge on any atom is -0.380 e. The maximum absolute atomic E-state index is 5.89. The van der Waals surface area contributed by atoms with E-state index in [2.05, 4.69) is 10.3 Å². The molecular weight excluding hydrogens is 188 g/mol. The lowest BCUT2D eigenvalue weighted by atomic mass is 10.4. The van der Waals surface area contributed by atoms with Gasteiger partial charge in [-0.25, -0.2) is 4.98 Å². The van der Waals surface area contributed by atoms with Gasteiger partial charge in [0.1, 0.15) is 5.82 Å². The maximum Gasteiger partial charge on any atom is 0.144 e. The highest BCUT2D eigenvalue weighted by molar-refractivity contribution is 6.32. The maximum atomic E-state index is 5.89. The Balaban J connectivity index is 2.50.